The minimum Gasteiger partial charge on any atom is -0.493 e. The normalized spacial score (nSPS) is 19.3. The predicted molar refractivity (Wildman–Crippen MR) is 60.5 cm³/mol. The third kappa shape index (κ3) is 2.11. The second kappa shape index (κ2) is 4.41. The highest BCUT2D eigenvalue weighted by atomic mass is 79.9. The van der Waals surface area contributed by atoms with E-state index in [1.807, 2.05) is 12.1 Å². The average molecular weight is 273 g/mol. The predicted octanol–water partition coefficient (Wildman–Crippen LogP) is 2.00. The first-order valence-electron chi connectivity index (χ1n) is 4.84. The fourth-order valence-corrected chi connectivity index (χ4v) is 2.26. The number of benzene rings is 1. The van der Waals surface area contributed by atoms with Crippen LogP contribution in [0.2, 0.25) is 0 Å². The second-order valence-corrected chi connectivity index (χ2v) is 4.58. The molecule has 3 nitrogen and oxygen atoms in total. The van der Waals surface area contributed by atoms with Crippen LogP contribution in [0.4, 0.5) is 0 Å². The third-order valence-electron chi connectivity index (χ3n) is 2.55. The minimum atomic E-state index is 0.161. The number of aliphatic hydroxyl groups is 1. The zero-order valence-corrected chi connectivity index (χ0v) is 10.1. The van der Waals surface area contributed by atoms with E-state index >= 15 is 0 Å². The van der Waals surface area contributed by atoms with Crippen molar-refractivity contribution >= 4 is 15.9 Å². The van der Waals surface area contributed by atoms with Crippen molar-refractivity contribution in [3.05, 3.63) is 22.2 Å². The summed E-state index contributed by atoms with van der Waals surface area (Å²) in [6.07, 6.45) is 0.835. The molecule has 1 heterocycles. The van der Waals surface area contributed by atoms with Crippen LogP contribution in [0.25, 0.3) is 0 Å². The Morgan fingerprint density at radius 2 is 2.40 bits per heavy atom. The Morgan fingerprint density at radius 3 is 3.07 bits per heavy atom. The second-order valence-electron chi connectivity index (χ2n) is 3.66. The molecule has 1 aliphatic heterocycles. The lowest BCUT2D eigenvalue weighted by Crippen LogP contribution is -2.24. The highest BCUT2D eigenvalue weighted by Crippen LogP contribution is 2.38. The number of hydrogen-bond donors (Lipinski definition) is 1. The number of rotatable bonds is 2. The molecule has 0 saturated carbocycles. The lowest BCUT2D eigenvalue weighted by Gasteiger charge is -2.25. The Kier molecular flexibility index (Phi) is 3.17. The van der Waals surface area contributed by atoms with Gasteiger partial charge in [-0.15, -0.1) is 0 Å². The van der Waals surface area contributed by atoms with Crippen molar-refractivity contribution in [3.8, 4) is 11.5 Å². The molecule has 0 radical (unpaired) electrons. The van der Waals surface area contributed by atoms with Crippen molar-refractivity contribution in [3.63, 3.8) is 0 Å². The van der Waals surface area contributed by atoms with Crippen LogP contribution in [0, 0.1) is 5.92 Å². The maximum atomic E-state index is 9.09. The topological polar surface area (TPSA) is 38.7 Å². The summed E-state index contributed by atoms with van der Waals surface area (Å²) in [6, 6.07) is 3.90. The van der Waals surface area contributed by atoms with Crippen molar-refractivity contribution in [2.75, 3.05) is 20.3 Å². The highest BCUT2D eigenvalue weighted by molar-refractivity contribution is 9.10. The number of halogens is 1. The van der Waals surface area contributed by atoms with Gasteiger partial charge in [0.05, 0.1) is 13.7 Å². The molecule has 1 aliphatic rings. The van der Waals surface area contributed by atoms with E-state index in [2.05, 4.69) is 15.9 Å². The van der Waals surface area contributed by atoms with E-state index in [9.17, 15) is 0 Å². The van der Waals surface area contributed by atoms with E-state index in [0.717, 1.165) is 28.0 Å². The van der Waals surface area contributed by atoms with Crippen LogP contribution in [0.3, 0.4) is 0 Å². The lowest BCUT2D eigenvalue weighted by atomic mass is 9.97. The Bertz CT molecular complexity index is 365. The van der Waals surface area contributed by atoms with E-state index in [1.165, 1.54) is 0 Å². The van der Waals surface area contributed by atoms with Gasteiger partial charge in [-0.2, -0.15) is 0 Å². The molecule has 1 atom stereocenters. The van der Waals surface area contributed by atoms with E-state index in [-0.39, 0.29) is 12.5 Å². The molecule has 1 aromatic rings. The van der Waals surface area contributed by atoms with Crippen LogP contribution in [0.5, 0.6) is 11.5 Å². The van der Waals surface area contributed by atoms with Crippen molar-refractivity contribution in [2.24, 2.45) is 5.92 Å². The van der Waals surface area contributed by atoms with Crippen LogP contribution >= 0.6 is 15.9 Å². The summed E-state index contributed by atoms with van der Waals surface area (Å²) >= 11 is 3.43. The molecule has 1 N–H and O–H groups in total. The van der Waals surface area contributed by atoms with Gasteiger partial charge in [0.25, 0.3) is 0 Å². The fourth-order valence-electron chi connectivity index (χ4n) is 1.78. The van der Waals surface area contributed by atoms with Crippen LogP contribution in [0.1, 0.15) is 5.56 Å². The number of hydrogen-bond acceptors (Lipinski definition) is 3. The van der Waals surface area contributed by atoms with Gasteiger partial charge in [0, 0.05) is 17.0 Å². The summed E-state index contributed by atoms with van der Waals surface area (Å²) < 4.78 is 11.8. The lowest BCUT2D eigenvalue weighted by molar-refractivity contribution is 0.143. The first-order chi connectivity index (χ1) is 7.24. The van der Waals surface area contributed by atoms with Crippen molar-refractivity contribution in [1.29, 1.82) is 0 Å². The molecular formula is C11H13BrO3. The van der Waals surface area contributed by atoms with Gasteiger partial charge in [0.1, 0.15) is 0 Å². The average Bonchev–Trinajstić information content (AvgIpc) is 2.26. The van der Waals surface area contributed by atoms with Gasteiger partial charge in [-0.05, 0) is 24.1 Å². The Hall–Kier alpha value is -0.740. The molecule has 82 valence electrons. The molecule has 1 aromatic carbocycles. The molecule has 2 rings (SSSR count). The standard InChI is InChI=1S/C11H13BrO3/c1-14-10-4-9(12)3-8-2-7(5-13)6-15-11(8)10/h3-4,7,13H,2,5-6H2,1H3. The van der Waals surface area contributed by atoms with E-state index < -0.39 is 0 Å². The van der Waals surface area contributed by atoms with Gasteiger partial charge in [0.2, 0.25) is 0 Å². The maximum absolute atomic E-state index is 9.09. The van der Waals surface area contributed by atoms with Gasteiger partial charge >= 0.3 is 0 Å². The molecular weight excluding hydrogens is 260 g/mol. The number of ether oxygens (including phenoxy) is 2. The molecule has 1 unspecified atom stereocenters. The quantitative estimate of drug-likeness (QED) is 0.895. The summed E-state index contributed by atoms with van der Waals surface area (Å²) in [7, 11) is 1.63. The molecule has 15 heavy (non-hydrogen) atoms. The van der Waals surface area contributed by atoms with E-state index in [1.54, 1.807) is 7.11 Å². The van der Waals surface area contributed by atoms with Gasteiger partial charge in [-0.25, -0.2) is 0 Å². The summed E-state index contributed by atoms with van der Waals surface area (Å²) in [5.41, 5.74) is 1.09. The number of aliphatic hydroxyl groups excluding tert-OH is 1. The molecule has 0 amide bonds. The van der Waals surface area contributed by atoms with Crippen molar-refractivity contribution < 1.29 is 14.6 Å². The van der Waals surface area contributed by atoms with Crippen LogP contribution < -0.4 is 9.47 Å². The van der Waals surface area contributed by atoms with Crippen LogP contribution in [-0.4, -0.2) is 25.4 Å². The molecule has 0 fully saturated rings. The number of fused-ring (bicyclic) bond motifs is 1. The maximum Gasteiger partial charge on any atom is 0.164 e. The summed E-state index contributed by atoms with van der Waals surface area (Å²) in [6.45, 7) is 0.718. The summed E-state index contributed by atoms with van der Waals surface area (Å²) in [5, 5.41) is 9.09. The van der Waals surface area contributed by atoms with Gasteiger partial charge < -0.3 is 14.6 Å². The smallest absolute Gasteiger partial charge is 0.164 e. The fraction of sp³-hybridized carbons (Fsp3) is 0.455. The van der Waals surface area contributed by atoms with Crippen LogP contribution in [-0.2, 0) is 6.42 Å². The molecule has 0 aliphatic carbocycles. The van der Waals surface area contributed by atoms with Crippen molar-refractivity contribution in [1.82, 2.24) is 0 Å². The first kappa shape index (κ1) is 10.8. The molecule has 4 heteroatoms. The van der Waals surface area contributed by atoms with Gasteiger partial charge in [0.15, 0.2) is 11.5 Å². The first-order valence-corrected chi connectivity index (χ1v) is 5.64. The SMILES string of the molecule is COc1cc(Br)cc2c1OCC(CO)C2. The molecule has 0 saturated heterocycles. The monoisotopic (exact) mass is 272 g/mol. The zero-order chi connectivity index (χ0) is 10.8. The molecule has 0 aromatic heterocycles. The Balaban J connectivity index is 2.38. The highest BCUT2D eigenvalue weighted by Gasteiger charge is 2.22. The zero-order valence-electron chi connectivity index (χ0n) is 8.50. The summed E-state index contributed by atoms with van der Waals surface area (Å²) in [4.78, 5) is 0. The largest absolute Gasteiger partial charge is 0.493 e. The Morgan fingerprint density at radius 1 is 1.60 bits per heavy atom. The van der Waals surface area contributed by atoms with E-state index in [0.29, 0.717) is 6.61 Å². The van der Waals surface area contributed by atoms with Gasteiger partial charge in [-0.1, -0.05) is 15.9 Å². The van der Waals surface area contributed by atoms with E-state index in [4.69, 9.17) is 14.6 Å². The third-order valence-corrected chi connectivity index (χ3v) is 3.00. The van der Waals surface area contributed by atoms with Crippen molar-refractivity contribution in [2.45, 2.75) is 6.42 Å². The number of methoxy groups -OCH3 is 1. The molecule has 0 bridgehead atoms. The Labute approximate surface area is 97.1 Å². The summed E-state index contributed by atoms with van der Waals surface area (Å²) in [5.74, 6) is 1.75. The van der Waals surface area contributed by atoms with Gasteiger partial charge in [-0.3, -0.25) is 0 Å². The minimum absolute atomic E-state index is 0.161. The molecule has 0 spiro atoms. The van der Waals surface area contributed by atoms with Crippen LogP contribution in [0.15, 0.2) is 16.6 Å².